The van der Waals surface area contributed by atoms with Crippen molar-refractivity contribution in [3.63, 3.8) is 0 Å². The van der Waals surface area contributed by atoms with Gasteiger partial charge in [-0.2, -0.15) is 4.73 Å². The molecule has 3 nitrogen and oxygen atoms in total. The third-order valence-electron chi connectivity index (χ3n) is 2.54. The molecule has 0 aliphatic heterocycles. The molecule has 1 heterocycles. The first-order valence-corrected chi connectivity index (χ1v) is 5.82. The minimum atomic E-state index is -2.12. The summed E-state index contributed by atoms with van der Waals surface area (Å²) in [7, 11) is 0. The lowest BCUT2D eigenvalue weighted by Gasteiger charge is -2.23. The second-order valence-corrected chi connectivity index (χ2v) is 5.84. The van der Waals surface area contributed by atoms with Crippen molar-refractivity contribution in [3.8, 4) is 0 Å². The van der Waals surface area contributed by atoms with Crippen LogP contribution in [0.5, 0.6) is 0 Å². The molecule has 17 heavy (non-hydrogen) atoms. The number of hydrogen-bond donors (Lipinski definition) is 1. The Morgan fingerprint density at radius 2 is 2.12 bits per heavy atom. The molecule has 0 aliphatic rings. The van der Waals surface area contributed by atoms with Crippen LogP contribution < -0.4 is 5.56 Å². The van der Waals surface area contributed by atoms with E-state index < -0.39 is 18.3 Å². The van der Waals surface area contributed by atoms with Gasteiger partial charge in [-0.25, -0.2) is 0 Å². The summed E-state index contributed by atoms with van der Waals surface area (Å²) in [5.41, 5.74) is 0.402. The molecule has 3 heteroatoms. The Hall–Kier alpha value is -1.25. The van der Waals surface area contributed by atoms with Crippen molar-refractivity contribution < 1.29 is 9.32 Å². The van der Waals surface area contributed by atoms with Gasteiger partial charge < -0.3 is 5.21 Å². The van der Waals surface area contributed by atoms with E-state index in [1.165, 1.54) is 6.07 Å². The summed E-state index contributed by atoms with van der Waals surface area (Å²) in [6.07, 6.45) is 0.646. The zero-order chi connectivity index (χ0) is 15.7. The number of aryl methyl sites for hydroxylation is 1. The lowest BCUT2D eigenvalue weighted by molar-refractivity contribution is 0.160. The highest BCUT2D eigenvalue weighted by Gasteiger charge is 2.17. The molecule has 1 unspecified atom stereocenters. The topological polar surface area (TPSA) is 42.2 Å². The van der Waals surface area contributed by atoms with Gasteiger partial charge in [-0.1, -0.05) is 27.6 Å². The molecule has 0 aromatic carbocycles. The normalized spacial score (nSPS) is 17.1. The van der Waals surface area contributed by atoms with Gasteiger partial charge in [0.1, 0.15) is 0 Å². The number of aromatic nitrogens is 1. The molecule has 1 rings (SSSR count). The molecule has 96 valence electrons. The van der Waals surface area contributed by atoms with Crippen LogP contribution in [0.2, 0.25) is 0 Å². The maximum atomic E-state index is 11.5. The molecule has 0 saturated carbocycles. The Morgan fingerprint density at radius 3 is 2.65 bits per heavy atom. The van der Waals surface area contributed by atoms with E-state index in [0.29, 0.717) is 16.8 Å². The first-order chi connectivity index (χ1) is 8.90. The molecule has 0 radical (unpaired) electrons. The molecule has 1 atom stereocenters. The van der Waals surface area contributed by atoms with Crippen molar-refractivity contribution in [2.45, 2.75) is 47.4 Å². The largest absolute Gasteiger partial charge is 0.425 e. The summed E-state index contributed by atoms with van der Waals surface area (Å²) in [5.74, 6) is -0.595. The molecular formula is C14H23NO2. The standard InChI is InChI=1S/C14H23NO2/c1-10-6-12(15(17)13(16)8-10)7-11(2)9-14(3,4)5/h6,8,11,17H,7,9H2,1-5H3/i2D3. The summed E-state index contributed by atoms with van der Waals surface area (Å²) >= 11 is 0. The Labute approximate surface area is 107 Å². The number of nitrogens with zero attached hydrogens (tertiary/aromatic N) is 1. The molecule has 0 fully saturated rings. The van der Waals surface area contributed by atoms with Crippen LogP contribution in [0.1, 0.15) is 49.4 Å². The molecule has 1 aromatic rings. The molecule has 1 N–H and O–H groups in total. The molecule has 1 aromatic heterocycles. The van der Waals surface area contributed by atoms with Crippen LogP contribution in [0.25, 0.3) is 0 Å². The highest BCUT2D eigenvalue weighted by Crippen LogP contribution is 2.26. The third kappa shape index (κ3) is 4.25. The molecular weight excluding hydrogens is 214 g/mol. The zero-order valence-corrected chi connectivity index (χ0v) is 10.9. The van der Waals surface area contributed by atoms with Gasteiger partial charge in [0.15, 0.2) is 0 Å². The summed E-state index contributed by atoms with van der Waals surface area (Å²) in [6, 6.07) is 2.97. The van der Waals surface area contributed by atoms with Crippen molar-refractivity contribution in [2.75, 3.05) is 0 Å². The third-order valence-corrected chi connectivity index (χ3v) is 2.54. The van der Waals surface area contributed by atoms with Gasteiger partial charge in [0, 0.05) is 10.2 Å². The van der Waals surface area contributed by atoms with Crippen LogP contribution in [-0.4, -0.2) is 9.94 Å². The quantitative estimate of drug-likeness (QED) is 0.825. The van der Waals surface area contributed by atoms with Gasteiger partial charge in [0.05, 0.1) is 5.69 Å². The Balaban J connectivity index is 3.11. The van der Waals surface area contributed by atoms with E-state index in [0.717, 1.165) is 5.56 Å². The SMILES string of the molecule is [2H]C([2H])([2H])C(Cc1cc(C)cc(=O)n1O)CC(C)(C)C. The van der Waals surface area contributed by atoms with Crippen molar-refractivity contribution in [1.82, 2.24) is 4.73 Å². The molecule has 0 aliphatic carbocycles. The van der Waals surface area contributed by atoms with E-state index >= 15 is 0 Å². The monoisotopic (exact) mass is 240 g/mol. The van der Waals surface area contributed by atoms with E-state index in [4.69, 9.17) is 4.11 Å². The predicted octanol–water partition coefficient (Wildman–Crippen LogP) is 3.01. The zero-order valence-electron chi connectivity index (χ0n) is 13.9. The fourth-order valence-corrected chi connectivity index (χ4v) is 1.97. The van der Waals surface area contributed by atoms with Gasteiger partial charge in [0.25, 0.3) is 5.56 Å². The highest BCUT2D eigenvalue weighted by molar-refractivity contribution is 5.15. The van der Waals surface area contributed by atoms with Crippen LogP contribution in [0.15, 0.2) is 16.9 Å². The second kappa shape index (κ2) is 4.94. The summed E-state index contributed by atoms with van der Waals surface area (Å²) < 4.78 is 23.5. The fourth-order valence-electron chi connectivity index (χ4n) is 1.97. The lowest BCUT2D eigenvalue weighted by atomic mass is 9.83. The first-order valence-electron chi connectivity index (χ1n) is 7.32. The van der Waals surface area contributed by atoms with E-state index in [9.17, 15) is 10.0 Å². The van der Waals surface area contributed by atoms with E-state index in [1.807, 2.05) is 20.8 Å². The molecule has 0 spiro atoms. The molecule has 0 amide bonds. The summed E-state index contributed by atoms with van der Waals surface area (Å²) in [5, 5.41) is 9.76. The molecule has 0 bridgehead atoms. The fraction of sp³-hybridized carbons (Fsp3) is 0.643. The first kappa shape index (κ1) is 9.75. The predicted molar refractivity (Wildman–Crippen MR) is 69.6 cm³/mol. The minimum absolute atomic E-state index is 0.135. The van der Waals surface area contributed by atoms with Crippen LogP contribution in [0, 0.1) is 18.3 Å². The number of pyridine rings is 1. The molecule has 0 saturated heterocycles. The Bertz CT molecular complexity index is 527. The van der Waals surface area contributed by atoms with Crippen molar-refractivity contribution in [1.29, 1.82) is 0 Å². The minimum Gasteiger partial charge on any atom is -0.425 e. The Kier molecular flexibility index (Phi) is 2.83. The Morgan fingerprint density at radius 1 is 1.47 bits per heavy atom. The van der Waals surface area contributed by atoms with Gasteiger partial charge in [-0.3, -0.25) is 4.79 Å². The summed E-state index contributed by atoms with van der Waals surface area (Å²) in [6.45, 7) is 5.57. The van der Waals surface area contributed by atoms with Crippen LogP contribution in [0.3, 0.4) is 0 Å². The van der Waals surface area contributed by atoms with E-state index in [2.05, 4.69) is 0 Å². The van der Waals surface area contributed by atoms with Gasteiger partial charge in [-0.05, 0) is 42.7 Å². The maximum Gasteiger partial charge on any atom is 0.283 e. The maximum absolute atomic E-state index is 11.5. The van der Waals surface area contributed by atoms with Crippen LogP contribution in [-0.2, 0) is 6.42 Å². The van der Waals surface area contributed by atoms with Gasteiger partial charge in [-0.15, -0.1) is 0 Å². The lowest BCUT2D eigenvalue weighted by Crippen LogP contribution is -2.23. The van der Waals surface area contributed by atoms with Crippen LogP contribution in [0.4, 0.5) is 0 Å². The number of hydrogen-bond acceptors (Lipinski definition) is 2. The van der Waals surface area contributed by atoms with Gasteiger partial charge in [0.2, 0.25) is 0 Å². The average molecular weight is 240 g/mol. The van der Waals surface area contributed by atoms with Gasteiger partial charge >= 0.3 is 0 Å². The highest BCUT2D eigenvalue weighted by atomic mass is 16.5. The van der Waals surface area contributed by atoms with Crippen LogP contribution >= 0.6 is 0 Å². The summed E-state index contributed by atoms with van der Waals surface area (Å²) in [4.78, 5) is 11.5. The van der Waals surface area contributed by atoms with E-state index in [-0.39, 0.29) is 11.8 Å². The average Bonchev–Trinajstić information content (AvgIpc) is 2.20. The van der Waals surface area contributed by atoms with E-state index in [1.54, 1.807) is 13.0 Å². The smallest absolute Gasteiger partial charge is 0.283 e. The van der Waals surface area contributed by atoms with Crippen molar-refractivity contribution in [3.05, 3.63) is 33.7 Å². The number of rotatable bonds is 3. The van der Waals surface area contributed by atoms with Crippen molar-refractivity contribution >= 4 is 0 Å². The van der Waals surface area contributed by atoms with Crippen molar-refractivity contribution in [2.24, 2.45) is 11.3 Å². The second-order valence-electron chi connectivity index (χ2n) is 5.84.